The molecule has 2 nitrogen and oxygen atoms in total. The van der Waals surface area contributed by atoms with Crippen molar-refractivity contribution < 1.29 is 0 Å². The fourth-order valence-electron chi connectivity index (χ4n) is 0.428. The Morgan fingerprint density at radius 2 is 2.38 bits per heavy atom. The third kappa shape index (κ3) is 1.43. The normalized spacial score (nSPS) is 9.12. The minimum atomic E-state index is -0.317. The van der Waals surface area contributed by atoms with Crippen LogP contribution in [-0.4, -0.2) is 31.1 Å². The summed E-state index contributed by atoms with van der Waals surface area (Å²) in [5.74, 6) is 0. The molecule has 0 spiro atoms. The topological polar surface area (TPSA) is 25.8 Å². The number of nitrogens with zero attached hydrogens (tertiary/aromatic N) is 2. The van der Waals surface area contributed by atoms with Gasteiger partial charge in [-0.2, -0.15) is 0 Å². The predicted molar refractivity (Wildman–Crippen MR) is 33.3 cm³/mol. The first-order chi connectivity index (χ1) is 3.93. The van der Waals surface area contributed by atoms with Crippen molar-refractivity contribution in [2.45, 2.75) is 4.94 Å². The molecule has 0 aliphatic carbocycles. The van der Waals surface area contributed by atoms with Gasteiger partial charge in [-0.1, -0.05) is 0 Å². The molecule has 0 aliphatic rings. The summed E-state index contributed by atoms with van der Waals surface area (Å²) in [6.45, 7) is 0. The number of hydrogen-bond donors (Lipinski definition) is 0. The summed E-state index contributed by atoms with van der Waals surface area (Å²) in [5.41, 5.74) is 0. The summed E-state index contributed by atoms with van der Waals surface area (Å²) in [5, 5.41) is 0. The second-order valence-corrected chi connectivity index (χ2v) is 4.23. The van der Waals surface area contributed by atoms with E-state index in [1.807, 2.05) is 6.20 Å². The van der Waals surface area contributed by atoms with Gasteiger partial charge in [0.2, 0.25) is 0 Å². The molecule has 2 radical (unpaired) electrons. The third-order valence-electron chi connectivity index (χ3n) is 0.819. The van der Waals surface area contributed by atoms with Gasteiger partial charge in [0.15, 0.2) is 0 Å². The number of aromatic nitrogens is 2. The van der Waals surface area contributed by atoms with Crippen molar-refractivity contribution in [1.29, 1.82) is 0 Å². The molecule has 0 bridgehead atoms. The van der Waals surface area contributed by atoms with Gasteiger partial charge in [-0.05, 0) is 0 Å². The summed E-state index contributed by atoms with van der Waals surface area (Å²) < 4.78 is 1.22. The van der Waals surface area contributed by atoms with Crippen LogP contribution < -0.4 is 3.71 Å². The third-order valence-corrected chi connectivity index (χ3v) is 3.02. The zero-order valence-corrected chi connectivity index (χ0v) is 7.48. The fraction of sp³-hybridized carbons (Fsp3) is 0.200. The van der Waals surface area contributed by atoms with Gasteiger partial charge in [0.1, 0.15) is 0 Å². The molecule has 0 saturated carbocycles. The first-order valence-corrected chi connectivity index (χ1v) is 6.65. The predicted octanol–water partition coefficient (Wildman–Crippen LogP) is -0.146. The van der Waals surface area contributed by atoms with Crippen LogP contribution in [0.5, 0.6) is 0 Å². The molecule has 0 aliphatic heterocycles. The van der Waals surface area contributed by atoms with Gasteiger partial charge in [0.25, 0.3) is 0 Å². The summed E-state index contributed by atoms with van der Waals surface area (Å²) in [6, 6.07) is 0. The van der Waals surface area contributed by atoms with Gasteiger partial charge in [0.05, 0.1) is 0 Å². The molecule has 1 rings (SSSR count). The zero-order valence-electron chi connectivity index (χ0n) is 4.63. The molecule has 0 amide bonds. The van der Waals surface area contributed by atoms with Crippen molar-refractivity contribution in [2.75, 3.05) is 0 Å². The summed E-state index contributed by atoms with van der Waals surface area (Å²) in [7, 11) is 0. The molecule has 3 heteroatoms. The fourth-order valence-corrected chi connectivity index (χ4v) is 1.59. The Morgan fingerprint density at radius 1 is 1.50 bits per heavy atom. The van der Waals surface area contributed by atoms with Gasteiger partial charge < -0.3 is 0 Å². The van der Waals surface area contributed by atoms with E-state index >= 15 is 0 Å². The van der Waals surface area contributed by atoms with E-state index in [1.165, 1.54) is 3.71 Å². The van der Waals surface area contributed by atoms with E-state index in [9.17, 15) is 0 Å². The Kier molecular flexibility index (Phi) is 2.26. The van der Waals surface area contributed by atoms with Crippen LogP contribution in [0, 0.1) is 0 Å². The zero-order chi connectivity index (χ0) is 5.82. The Morgan fingerprint density at radius 3 is 2.75 bits per heavy atom. The van der Waals surface area contributed by atoms with Crippen LogP contribution in [0.1, 0.15) is 0 Å². The van der Waals surface area contributed by atoms with E-state index < -0.39 is 0 Å². The van der Waals surface area contributed by atoms with Gasteiger partial charge in [-0.25, -0.2) is 0 Å². The van der Waals surface area contributed by atoms with Crippen molar-refractivity contribution in [3.8, 4) is 0 Å². The summed E-state index contributed by atoms with van der Waals surface area (Å²) >= 11 is -0.317. The van der Waals surface area contributed by atoms with E-state index in [-0.39, 0.29) is 21.1 Å². The average molecular weight is 213 g/mol. The van der Waals surface area contributed by atoms with Gasteiger partial charge >= 0.3 is 58.4 Å². The number of hydrogen-bond acceptors (Lipinski definition) is 2. The van der Waals surface area contributed by atoms with Crippen LogP contribution in [0.15, 0.2) is 18.6 Å². The molecule has 0 fully saturated rings. The molecule has 0 saturated heterocycles. The average Bonchev–Trinajstić information content (AvgIpc) is 1.90. The van der Waals surface area contributed by atoms with E-state index in [4.69, 9.17) is 0 Å². The van der Waals surface area contributed by atoms with E-state index in [2.05, 4.69) is 14.9 Å². The second kappa shape index (κ2) is 3.02. The maximum atomic E-state index is 4.11. The molecule has 1 aromatic rings. The van der Waals surface area contributed by atoms with Crippen molar-refractivity contribution in [3.63, 3.8) is 0 Å². The van der Waals surface area contributed by atoms with Gasteiger partial charge in [0, 0.05) is 0 Å². The van der Waals surface area contributed by atoms with Crippen molar-refractivity contribution in [1.82, 2.24) is 9.97 Å². The van der Waals surface area contributed by atoms with Crippen LogP contribution >= 0.6 is 0 Å². The van der Waals surface area contributed by atoms with Crippen molar-refractivity contribution >= 4 is 24.9 Å². The van der Waals surface area contributed by atoms with E-state index in [0.717, 1.165) is 0 Å². The van der Waals surface area contributed by atoms with Crippen LogP contribution in [-0.2, 0) is 0 Å². The number of rotatable bonds is 1. The molecule has 0 atom stereocenters. The van der Waals surface area contributed by atoms with Crippen LogP contribution in [0.2, 0.25) is 4.94 Å². The van der Waals surface area contributed by atoms with Crippen molar-refractivity contribution in [2.24, 2.45) is 0 Å². The first-order valence-electron chi connectivity index (χ1n) is 2.37. The Bertz CT molecular complexity index is 152. The van der Waals surface area contributed by atoms with Gasteiger partial charge in [-0.15, -0.1) is 0 Å². The van der Waals surface area contributed by atoms with E-state index in [0.29, 0.717) is 0 Å². The van der Waals surface area contributed by atoms with Crippen LogP contribution in [0.3, 0.4) is 0 Å². The molecule has 1 heterocycles. The Hall–Kier alpha value is -0.121. The molecule has 0 unspecified atom stereocenters. The van der Waals surface area contributed by atoms with Gasteiger partial charge in [-0.3, -0.25) is 0 Å². The molecule has 0 aromatic carbocycles. The second-order valence-electron chi connectivity index (χ2n) is 1.34. The minimum absolute atomic E-state index is 0.317. The first kappa shape index (κ1) is 6.01. The van der Waals surface area contributed by atoms with Crippen LogP contribution in [0.25, 0.3) is 0 Å². The van der Waals surface area contributed by atoms with E-state index in [1.54, 1.807) is 12.4 Å². The molecular formula is C5H6N2Sn. The summed E-state index contributed by atoms with van der Waals surface area (Å²) in [6.07, 6.45) is 5.31. The van der Waals surface area contributed by atoms with Crippen molar-refractivity contribution in [3.05, 3.63) is 18.6 Å². The standard InChI is InChI=1S/C4H3N2.CH3.Sn/c1-2-6-4-3-5-1;;/h1-3H;1H3;. The monoisotopic (exact) mass is 214 g/mol. The Labute approximate surface area is 58.6 Å². The maximum absolute atomic E-state index is 4.11. The Balaban J connectivity index is 2.83. The molecular weight excluding hydrogens is 207 g/mol. The molecule has 0 N–H and O–H groups in total. The molecule has 40 valence electrons. The SMILES string of the molecule is [CH3][Sn][c]1cnccn1. The van der Waals surface area contributed by atoms with Crippen LogP contribution in [0.4, 0.5) is 0 Å². The molecule has 8 heavy (non-hydrogen) atoms. The molecule has 1 aromatic heterocycles. The summed E-state index contributed by atoms with van der Waals surface area (Å²) in [4.78, 5) is 10.3. The quantitative estimate of drug-likeness (QED) is 0.606.